The van der Waals surface area contributed by atoms with Crippen LogP contribution < -0.4 is 15.4 Å². The molecule has 1 saturated heterocycles. The minimum Gasteiger partial charge on any atom is -0.347 e. The van der Waals surface area contributed by atoms with Crippen LogP contribution in [0.2, 0.25) is 0 Å². The summed E-state index contributed by atoms with van der Waals surface area (Å²) in [6.45, 7) is 3.97. The van der Waals surface area contributed by atoms with Gasteiger partial charge in [0.25, 0.3) is 5.91 Å². The fourth-order valence-corrected chi connectivity index (χ4v) is 5.82. The highest BCUT2D eigenvalue weighted by Crippen LogP contribution is 2.23. The van der Waals surface area contributed by atoms with E-state index in [0.717, 1.165) is 29.2 Å². The van der Waals surface area contributed by atoms with E-state index in [4.69, 9.17) is 0 Å². The molecular formula is C16H21N3O3S3. The molecule has 3 rings (SSSR count). The minimum absolute atomic E-state index is 0.0120. The van der Waals surface area contributed by atoms with E-state index < -0.39 is 10.0 Å². The Morgan fingerprint density at radius 3 is 2.88 bits per heavy atom. The first-order valence-corrected chi connectivity index (χ1v) is 11.3. The molecule has 0 radical (unpaired) electrons. The molecule has 2 unspecified atom stereocenters. The fraction of sp³-hybridized carbons (Fsp3) is 0.438. The van der Waals surface area contributed by atoms with Gasteiger partial charge in [-0.05, 0) is 41.8 Å². The second kappa shape index (κ2) is 7.96. The molecule has 0 aliphatic carbocycles. The Balaban J connectivity index is 1.71. The second-order valence-corrected chi connectivity index (χ2v) is 9.75. The van der Waals surface area contributed by atoms with Gasteiger partial charge in [-0.25, -0.2) is 13.1 Å². The largest absolute Gasteiger partial charge is 0.347 e. The van der Waals surface area contributed by atoms with Crippen LogP contribution in [0.3, 0.4) is 0 Å². The SMILES string of the molecule is CC1CCNCC1NC(=O)c1sccc1S(=O)(=O)NCc1cccs1. The molecule has 0 aromatic carbocycles. The first-order valence-electron chi connectivity index (χ1n) is 8.08. The third kappa shape index (κ3) is 4.48. The number of sulfonamides is 1. The summed E-state index contributed by atoms with van der Waals surface area (Å²) < 4.78 is 27.7. The Morgan fingerprint density at radius 1 is 1.32 bits per heavy atom. The van der Waals surface area contributed by atoms with Gasteiger partial charge in [0, 0.05) is 24.0 Å². The fourth-order valence-electron chi connectivity index (χ4n) is 2.75. The molecule has 25 heavy (non-hydrogen) atoms. The summed E-state index contributed by atoms with van der Waals surface area (Å²) in [7, 11) is -3.73. The predicted molar refractivity (Wildman–Crippen MR) is 101 cm³/mol. The Kier molecular flexibility index (Phi) is 5.90. The van der Waals surface area contributed by atoms with E-state index in [1.807, 2.05) is 17.5 Å². The van der Waals surface area contributed by atoms with Crippen molar-refractivity contribution >= 4 is 38.6 Å². The molecule has 3 heterocycles. The Hall–Kier alpha value is -1.26. The molecule has 2 aromatic rings. The van der Waals surface area contributed by atoms with Gasteiger partial charge in [0.05, 0.1) is 0 Å². The molecule has 6 nitrogen and oxygen atoms in total. The number of thiophene rings is 2. The zero-order valence-corrected chi connectivity index (χ0v) is 16.3. The highest BCUT2D eigenvalue weighted by atomic mass is 32.2. The van der Waals surface area contributed by atoms with Crippen LogP contribution in [0.4, 0.5) is 0 Å². The van der Waals surface area contributed by atoms with Gasteiger partial charge in [0.2, 0.25) is 10.0 Å². The number of rotatable bonds is 6. The summed E-state index contributed by atoms with van der Waals surface area (Å²) in [6, 6.07) is 5.24. The summed E-state index contributed by atoms with van der Waals surface area (Å²) in [5.74, 6) is 0.0363. The van der Waals surface area contributed by atoms with Gasteiger partial charge in [-0.15, -0.1) is 22.7 Å². The number of hydrogen-bond donors (Lipinski definition) is 3. The van der Waals surface area contributed by atoms with Crippen molar-refractivity contribution in [2.24, 2.45) is 5.92 Å². The summed E-state index contributed by atoms with van der Waals surface area (Å²) in [6.07, 6.45) is 0.989. The molecule has 1 fully saturated rings. The van der Waals surface area contributed by atoms with E-state index in [1.54, 1.807) is 5.38 Å². The van der Waals surface area contributed by atoms with Crippen molar-refractivity contribution in [3.05, 3.63) is 38.7 Å². The van der Waals surface area contributed by atoms with Crippen LogP contribution in [0.15, 0.2) is 33.9 Å². The number of piperidine rings is 1. The Morgan fingerprint density at radius 2 is 2.16 bits per heavy atom. The number of nitrogens with one attached hydrogen (secondary N) is 3. The first kappa shape index (κ1) is 18.5. The van der Waals surface area contributed by atoms with Gasteiger partial charge >= 0.3 is 0 Å². The molecule has 9 heteroatoms. The number of amides is 1. The first-order chi connectivity index (χ1) is 12.0. The van der Waals surface area contributed by atoms with Gasteiger partial charge in [0.1, 0.15) is 9.77 Å². The smallest absolute Gasteiger partial charge is 0.263 e. The lowest BCUT2D eigenvalue weighted by Gasteiger charge is -2.30. The average molecular weight is 400 g/mol. The maximum atomic E-state index is 12.6. The zero-order chi connectivity index (χ0) is 17.9. The van der Waals surface area contributed by atoms with Crippen molar-refractivity contribution < 1.29 is 13.2 Å². The second-order valence-electron chi connectivity index (χ2n) is 6.07. The van der Waals surface area contributed by atoms with Crippen molar-refractivity contribution in [2.45, 2.75) is 30.8 Å². The molecule has 0 bridgehead atoms. The Labute approximate surface area is 155 Å². The average Bonchev–Trinajstić information content (AvgIpc) is 3.27. The summed E-state index contributed by atoms with van der Waals surface area (Å²) >= 11 is 2.63. The third-order valence-electron chi connectivity index (χ3n) is 4.29. The lowest BCUT2D eigenvalue weighted by atomic mass is 9.95. The van der Waals surface area contributed by atoms with Gasteiger partial charge < -0.3 is 10.6 Å². The van der Waals surface area contributed by atoms with Crippen LogP contribution in [-0.4, -0.2) is 33.5 Å². The molecule has 0 spiro atoms. The molecule has 1 amide bonds. The standard InChI is InChI=1S/C16H21N3O3S3/c1-11-4-6-17-10-13(11)19-16(20)15-14(5-8-24-15)25(21,22)18-9-12-3-2-7-23-12/h2-3,5,7-8,11,13,17-18H,4,6,9-10H2,1H3,(H,19,20). The van der Waals surface area contributed by atoms with Crippen molar-refractivity contribution in [3.8, 4) is 0 Å². The molecule has 136 valence electrons. The lowest BCUT2D eigenvalue weighted by molar-refractivity contribution is 0.0916. The van der Waals surface area contributed by atoms with E-state index in [2.05, 4.69) is 22.3 Å². The highest BCUT2D eigenvalue weighted by Gasteiger charge is 2.28. The van der Waals surface area contributed by atoms with Gasteiger partial charge in [-0.1, -0.05) is 13.0 Å². The molecule has 2 atom stereocenters. The number of carbonyl (C=O) groups is 1. The van der Waals surface area contributed by atoms with Crippen LogP contribution in [0.25, 0.3) is 0 Å². The van der Waals surface area contributed by atoms with Gasteiger partial charge in [-0.2, -0.15) is 0 Å². The van der Waals surface area contributed by atoms with Crippen LogP contribution in [0.1, 0.15) is 27.9 Å². The quantitative estimate of drug-likeness (QED) is 0.693. The van der Waals surface area contributed by atoms with E-state index in [-0.39, 0.29) is 28.3 Å². The van der Waals surface area contributed by atoms with E-state index in [1.165, 1.54) is 17.4 Å². The van der Waals surface area contributed by atoms with Crippen LogP contribution in [-0.2, 0) is 16.6 Å². The van der Waals surface area contributed by atoms with Crippen molar-refractivity contribution in [3.63, 3.8) is 0 Å². The van der Waals surface area contributed by atoms with Crippen LogP contribution in [0.5, 0.6) is 0 Å². The monoisotopic (exact) mass is 399 g/mol. The van der Waals surface area contributed by atoms with Crippen molar-refractivity contribution in [1.29, 1.82) is 0 Å². The van der Waals surface area contributed by atoms with Crippen molar-refractivity contribution in [2.75, 3.05) is 13.1 Å². The third-order valence-corrected chi connectivity index (χ3v) is 7.65. The van der Waals surface area contributed by atoms with E-state index in [0.29, 0.717) is 12.5 Å². The van der Waals surface area contributed by atoms with Crippen LogP contribution >= 0.6 is 22.7 Å². The highest BCUT2D eigenvalue weighted by molar-refractivity contribution is 7.89. The van der Waals surface area contributed by atoms with Crippen molar-refractivity contribution in [1.82, 2.24) is 15.4 Å². The number of carbonyl (C=O) groups excluding carboxylic acids is 1. The molecule has 2 aromatic heterocycles. The maximum absolute atomic E-state index is 12.6. The molecular weight excluding hydrogens is 378 g/mol. The zero-order valence-electron chi connectivity index (χ0n) is 13.8. The normalized spacial score (nSPS) is 21.2. The molecule has 1 aliphatic heterocycles. The van der Waals surface area contributed by atoms with E-state index >= 15 is 0 Å². The summed E-state index contributed by atoms with van der Waals surface area (Å²) in [5.41, 5.74) is 0. The van der Waals surface area contributed by atoms with Gasteiger partial charge in [0.15, 0.2) is 0 Å². The molecule has 3 N–H and O–H groups in total. The van der Waals surface area contributed by atoms with E-state index in [9.17, 15) is 13.2 Å². The molecule has 1 aliphatic rings. The maximum Gasteiger partial charge on any atom is 0.263 e. The topological polar surface area (TPSA) is 87.3 Å². The summed E-state index contributed by atoms with van der Waals surface area (Å²) in [5, 5.41) is 9.76. The van der Waals surface area contributed by atoms with Crippen LogP contribution in [0, 0.1) is 5.92 Å². The predicted octanol–water partition coefficient (Wildman–Crippen LogP) is 2.02. The van der Waals surface area contributed by atoms with Gasteiger partial charge in [-0.3, -0.25) is 4.79 Å². The minimum atomic E-state index is -3.73. The summed E-state index contributed by atoms with van der Waals surface area (Å²) in [4.78, 5) is 13.8. The lowest BCUT2D eigenvalue weighted by Crippen LogP contribution is -2.50. The molecule has 0 saturated carbocycles. The number of hydrogen-bond acceptors (Lipinski definition) is 6. The Bertz CT molecular complexity index is 815.